The third-order valence-corrected chi connectivity index (χ3v) is 4.46. The molecular formula is C19H24N2O5S. The molecule has 1 heterocycles. The number of benzene rings is 1. The second kappa shape index (κ2) is 10.5. The Hall–Kier alpha value is -2.58. The van der Waals surface area contributed by atoms with Crippen molar-refractivity contribution in [3.8, 4) is 11.5 Å². The monoisotopic (exact) mass is 392 g/mol. The molecule has 0 saturated heterocycles. The Morgan fingerprint density at radius 2 is 1.93 bits per heavy atom. The first-order chi connectivity index (χ1) is 13.0. The maximum absolute atomic E-state index is 12.2. The van der Waals surface area contributed by atoms with E-state index in [-0.39, 0.29) is 19.1 Å². The number of ether oxygens (including phenoxy) is 3. The molecule has 0 saturated carbocycles. The van der Waals surface area contributed by atoms with E-state index in [2.05, 4.69) is 5.32 Å². The van der Waals surface area contributed by atoms with Gasteiger partial charge in [-0.05, 0) is 37.6 Å². The van der Waals surface area contributed by atoms with Crippen molar-refractivity contribution < 1.29 is 23.8 Å². The van der Waals surface area contributed by atoms with Gasteiger partial charge in [0.05, 0.1) is 25.8 Å². The van der Waals surface area contributed by atoms with Gasteiger partial charge >= 0.3 is 5.97 Å². The number of para-hydroxylation sites is 2. The molecule has 2 rings (SSSR count). The molecular weight excluding hydrogens is 368 g/mol. The number of rotatable bonds is 10. The summed E-state index contributed by atoms with van der Waals surface area (Å²) in [7, 11) is 3.42. The molecule has 1 aromatic heterocycles. The highest BCUT2D eigenvalue weighted by Crippen LogP contribution is 2.26. The Balaban J connectivity index is 1.79. The summed E-state index contributed by atoms with van der Waals surface area (Å²) in [4.78, 5) is 25.9. The van der Waals surface area contributed by atoms with E-state index >= 15 is 0 Å². The first-order valence-electron chi connectivity index (χ1n) is 8.54. The second-order valence-electron chi connectivity index (χ2n) is 5.67. The fraction of sp³-hybridized carbons (Fsp3) is 0.368. The summed E-state index contributed by atoms with van der Waals surface area (Å²) >= 11 is 1.29. The second-order valence-corrected chi connectivity index (χ2v) is 6.59. The van der Waals surface area contributed by atoms with Crippen LogP contribution < -0.4 is 14.8 Å². The highest BCUT2D eigenvalue weighted by Gasteiger charge is 2.16. The van der Waals surface area contributed by atoms with Crippen molar-refractivity contribution in [3.63, 3.8) is 0 Å². The van der Waals surface area contributed by atoms with Crippen LogP contribution in [-0.2, 0) is 9.53 Å². The number of carbonyl (C=O) groups is 2. The van der Waals surface area contributed by atoms with Crippen molar-refractivity contribution in [2.45, 2.75) is 6.92 Å². The molecule has 2 aromatic rings. The molecule has 0 atom stereocenters. The summed E-state index contributed by atoms with van der Waals surface area (Å²) in [6, 6.07) is 9.05. The molecule has 1 aromatic carbocycles. The van der Waals surface area contributed by atoms with Crippen molar-refractivity contribution in [1.29, 1.82) is 0 Å². The normalized spacial score (nSPS) is 10.5. The summed E-state index contributed by atoms with van der Waals surface area (Å²) in [6.07, 6.45) is 0. The summed E-state index contributed by atoms with van der Waals surface area (Å²) < 4.78 is 15.9. The topological polar surface area (TPSA) is 77.1 Å². The van der Waals surface area contributed by atoms with Crippen LogP contribution in [0.4, 0.5) is 5.00 Å². The smallest absolute Gasteiger partial charge is 0.341 e. The minimum absolute atomic E-state index is 0.176. The van der Waals surface area contributed by atoms with Gasteiger partial charge in [-0.25, -0.2) is 4.79 Å². The number of hydrogen-bond acceptors (Lipinski definition) is 7. The molecule has 0 aliphatic heterocycles. The van der Waals surface area contributed by atoms with Crippen LogP contribution in [-0.4, -0.2) is 57.2 Å². The SMILES string of the molecule is CCOC(=O)c1ccsc1NC(=O)CN(C)CCOc1ccccc1OC. The van der Waals surface area contributed by atoms with Crippen LogP contribution >= 0.6 is 11.3 Å². The summed E-state index contributed by atoms with van der Waals surface area (Å²) in [5.41, 5.74) is 0.373. The molecule has 27 heavy (non-hydrogen) atoms. The molecule has 0 aliphatic rings. The zero-order chi connectivity index (χ0) is 19.6. The lowest BCUT2D eigenvalue weighted by Crippen LogP contribution is -2.33. The number of nitrogens with one attached hydrogen (secondary N) is 1. The minimum Gasteiger partial charge on any atom is -0.493 e. The number of thiophene rings is 1. The fourth-order valence-corrected chi connectivity index (χ4v) is 3.11. The highest BCUT2D eigenvalue weighted by molar-refractivity contribution is 7.14. The quantitative estimate of drug-likeness (QED) is 0.627. The van der Waals surface area contributed by atoms with Gasteiger partial charge in [-0.3, -0.25) is 9.69 Å². The van der Waals surface area contributed by atoms with Crippen molar-refractivity contribution in [2.75, 3.05) is 45.8 Å². The van der Waals surface area contributed by atoms with E-state index in [1.54, 1.807) is 25.5 Å². The van der Waals surface area contributed by atoms with E-state index in [9.17, 15) is 9.59 Å². The Labute approximate surface area is 162 Å². The Kier molecular flexibility index (Phi) is 8.09. The fourth-order valence-electron chi connectivity index (χ4n) is 2.32. The van der Waals surface area contributed by atoms with E-state index in [0.29, 0.717) is 35.2 Å². The maximum Gasteiger partial charge on any atom is 0.341 e. The predicted molar refractivity (Wildman–Crippen MR) is 105 cm³/mol. The van der Waals surface area contributed by atoms with Crippen molar-refractivity contribution >= 4 is 28.2 Å². The largest absolute Gasteiger partial charge is 0.493 e. The number of hydrogen-bond donors (Lipinski definition) is 1. The van der Waals surface area contributed by atoms with Crippen LogP contribution in [0.3, 0.4) is 0 Å². The summed E-state index contributed by atoms with van der Waals surface area (Å²) in [5.74, 6) is 0.688. The highest BCUT2D eigenvalue weighted by atomic mass is 32.1. The maximum atomic E-state index is 12.2. The van der Waals surface area contributed by atoms with Crippen molar-refractivity contribution in [3.05, 3.63) is 41.3 Å². The molecule has 0 radical (unpaired) electrons. The number of likely N-dealkylation sites (N-methyl/N-ethyl adjacent to an activating group) is 1. The molecule has 146 valence electrons. The molecule has 0 unspecified atom stereocenters. The number of esters is 1. The lowest BCUT2D eigenvalue weighted by Gasteiger charge is -2.17. The minimum atomic E-state index is -0.437. The van der Waals surface area contributed by atoms with Gasteiger partial charge in [-0.2, -0.15) is 0 Å². The van der Waals surface area contributed by atoms with Gasteiger partial charge in [0.2, 0.25) is 5.91 Å². The molecule has 7 nitrogen and oxygen atoms in total. The number of amides is 1. The lowest BCUT2D eigenvalue weighted by atomic mass is 10.3. The van der Waals surface area contributed by atoms with Gasteiger partial charge < -0.3 is 19.5 Å². The van der Waals surface area contributed by atoms with Gasteiger partial charge in [-0.15, -0.1) is 11.3 Å². The molecule has 1 amide bonds. The molecule has 0 fully saturated rings. The number of methoxy groups -OCH3 is 1. The Bertz CT molecular complexity index is 762. The third kappa shape index (κ3) is 6.26. The van der Waals surface area contributed by atoms with Gasteiger partial charge in [0.1, 0.15) is 11.6 Å². The van der Waals surface area contributed by atoms with E-state index < -0.39 is 5.97 Å². The average molecular weight is 392 g/mol. The number of nitrogens with zero attached hydrogens (tertiary/aromatic N) is 1. The van der Waals surface area contributed by atoms with Crippen LogP contribution in [0.1, 0.15) is 17.3 Å². The van der Waals surface area contributed by atoms with E-state index in [4.69, 9.17) is 14.2 Å². The zero-order valence-electron chi connectivity index (χ0n) is 15.7. The summed E-state index contributed by atoms with van der Waals surface area (Å²) in [6.45, 7) is 3.18. The van der Waals surface area contributed by atoms with E-state index in [1.165, 1.54) is 11.3 Å². The van der Waals surface area contributed by atoms with E-state index in [0.717, 1.165) is 0 Å². The Morgan fingerprint density at radius 1 is 1.19 bits per heavy atom. The Morgan fingerprint density at radius 3 is 2.63 bits per heavy atom. The van der Waals surface area contributed by atoms with Crippen LogP contribution in [0.25, 0.3) is 0 Å². The van der Waals surface area contributed by atoms with E-state index in [1.807, 2.05) is 36.2 Å². The summed E-state index contributed by atoms with van der Waals surface area (Å²) in [5, 5.41) is 5.00. The van der Waals surface area contributed by atoms with Crippen LogP contribution in [0.5, 0.6) is 11.5 Å². The van der Waals surface area contributed by atoms with Crippen molar-refractivity contribution in [2.24, 2.45) is 0 Å². The zero-order valence-corrected chi connectivity index (χ0v) is 16.5. The standard InChI is InChI=1S/C19H24N2O5S/c1-4-25-19(23)14-9-12-27-18(14)20-17(22)13-21(2)10-11-26-16-8-6-5-7-15(16)24-3/h5-9,12H,4,10-11,13H2,1-3H3,(H,20,22). The number of anilines is 1. The third-order valence-electron chi connectivity index (χ3n) is 3.63. The lowest BCUT2D eigenvalue weighted by molar-refractivity contribution is -0.117. The molecule has 0 bridgehead atoms. The van der Waals surface area contributed by atoms with Crippen molar-refractivity contribution in [1.82, 2.24) is 4.90 Å². The van der Waals surface area contributed by atoms with Gasteiger partial charge in [0, 0.05) is 6.54 Å². The van der Waals surface area contributed by atoms with Gasteiger partial charge in [0.25, 0.3) is 0 Å². The number of carbonyl (C=O) groups excluding carboxylic acids is 2. The molecule has 1 N–H and O–H groups in total. The molecule has 8 heteroatoms. The molecule has 0 spiro atoms. The molecule has 0 aliphatic carbocycles. The van der Waals surface area contributed by atoms with Crippen LogP contribution in [0, 0.1) is 0 Å². The predicted octanol–water partition coefficient (Wildman–Crippen LogP) is 2.88. The first-order valence-corrected chi connectivity index (χ1v) is 9.42. The van der Waals surface area contributed by atoms with Crippen LogP contribution in [0.2, 0.25) is 0 Å². The van der Waals surface area contributed by atoms with Crippen LogP contribution in [0.15, 0.2) is 35.7 Å². The van der Waals surface area contributed by atoms with Gasteiger partial charge in [-0.1, -0.05) is 12.1 Å². The first kappa shape index (κ1) is 20.7. The van der Waals surface area contributed by atoms with Gasteiger partial charge in [0.15, 0.2) is 11.5 Å². The average Bonchev–Trinajstić information content (AvgIpc) is 3.10.